The van der Waals surface area contributed by atoms with Crippen molar-refractivity contribution in [1.82, 2.24) is 19.8 Å². The van der Waals surface area contributed by atoms with Crippen LogP contribution in [-0.4, -0.2) is 72.5 Å². The van der Waals surface area contributed by atoms with Crippen molar-refractivity contribution in [2.75, 3.05) is 51.7 Å². The number of aromatic nitrogens is 2. The van der Waals surface area contributed by atoms with E-state index >= 15 is 0 Å². The van der Waals surface area contributed by atoms with Crippen LogP contribution in [0.25, 0.3) is 10.9 Å². The maximum atomic E-state index is 13.9. The number of likely N-dealkylation sites (N-methyl/N-ethyl adjacent to an activating group) is 1. The highest BCUT2D eigenvalue weighted by Gasteiger charge is 2.20. The zero-order valence-electron chi connectivity index (χ0n) is 14.1. The maximum Gasteiger partial charge on any atom is 0.236 e. The Morgan fingerprint density at radius 1 is 1.21 bits per heavy atom. The van der Waals surface area contributed by atoms with Crippen LogP contribution in [0.15, 0.2) is 24.5 Å². The van der Waals surface area contributed by atoms with Gasteiger partial charge in [-0.1, -0.05) is 6.07 Å². The fourth-order valence-electron chi connectivity index (χ4n) is 2.96. The van der Waals surface area contributed by atoms with Crippen LogP contribution in [0, 0.1) is 5.82 Å². The van der Waals surface area contributed by atoms with Gasteiger partial charge in [-0.2, -0.15) is 0 Å². The number of carbonyl (C=O) groups is 1. The van der Waals surface area contributed by atoms with Gasteiger partial charge >= 0.3 is 0 Å². The van der Waals surface area contributed by atoms with E-state index in [-0.39, 0.29) is 11.7 Å². The number of hydrogen-bond acceptors (Lipinski definition) is 5. The summed E-state index contributed by atoms with van der Waals surface area (Å²) >= 11 is 0. The highest BCUT2D eigenvalue weighted by Crippen LogP contribution is 2.25. The first-order valence-electron chi connectivity index (χ1n) is 8.13. The minimum Gasteiger partial charge on any atom is -0.355 e. The SMILES string of the molecule is CN(C)C(=O)CN1CCCN(c2ncnc3c(F)cccc23)CC1. The van der Waals surface area contributed by atoms with E-state index in [1.54, 1.807) is 25.1 Å². The molecule has 1 aliphatic heterocycles. The summed E-state index contributed by atoms with van der Waals surface area (Å²) in [6, 6.07) is 4.95. The summed E-state index contributed by atoms with van der Waals surface area (Å²) in [7, 11) is 3.54. The maximum absolute atomic E-state index is 13.9. The summed E-state index contributed by atoms with van der Waals surface area (Å²) < 4.78 is 13.9. The van der Waals surface area contributed by atoms with E-state index in [1.807, 2.05) is 6.07 Å². The first-order chi connectivity index (χ1) is 11.6. The number of hydrogen-bond donors (Lipinski definition) is 0. The molecule has 1 aliphatic rings. The second-order valence-electron chi connectivity index (χ2n) is 6.24. The van der Waals surface area contributed by atoms with E-state index in [4.69, 9.17) is 0 Å². The first kappa shape index (κ1) is 16.6. The molecule has 0 aliphatic carbocycles. The molecule has 1 aromatic carbocycles. The summed E-state index contributed by atoms with van der Waals surface area (Å²) in [5, 5.41) is 0.732. The van der Waals surface area contributed by atoms with E-state index in [1.165, 1.54) is 12.4 Å². The predicted molar refractivity (Wildman–Crippen MR) is 91.5 cm³/mol. The largest absolute Gasteiger partial charge is 0.355 e. The molecule has 24 heavy (non-hydrogen) atoms. The number of rotatable bonds is 3. The number of carbonyl (C=O) groups excluding carboxylic acids is 1. The lowest BCUT2D eigenvalue weighted by Crippen LogP contribution is -2.38. The second-order valence-corrected chi connectivity index (χ2v) is 6.24. The number of halogens is 1. The molecule has 1 fully saturated rings. The van der Waals surface area contributed by atoms with Gasteiger partial charge in [0.1, 0.15) is 23.5 Å². The third kappa shape index (κ3) is 3.46. The number of benzene rings is 1. The van der Waals surface area contributed by atoms with E-state index in [0.29, 0.717) is 12.1 Å². The van der Waals surface area contributed by atoms with Crippen molar-refractivity contribution in [2.24, 2.45) is 0 Å². The van der Waals surface area contributed by atoms with Crippen LogP contribution < -0.4 is 4.90 Å². The summed E-state index contributed by atoms with van der Waals surface area (Å²) in [5.41, 5.74) is 0.353. The van der Waals surface area contributed by atoms with Crippen LogP contribution in [0.4, 0.5) is 10.2 Å². The lowest BCUT2D eigenvalue weighted by Gasteiger charge is -2.24. The van der Waals surface area contributed by atoms with Gasteiger partial charge in [-0.05, 0) is 18.6 Å². The Kier molecular flexibility index (Phi) is 4.89. The minimum absolute atomic E-state index is 0.109. The fraction of sp³-hybridized carbons (Fsp3) is 0.471. The Balaban J connectivity index is 1.77. The van der Waals surface area contributed by atoms with Crippen molar-refractivity contribution in [3.05, 3.63) is 30.3 Å². The zero-order chi connectivity index (χ0) is 17.1. The average Bonchev–Trinajstić information content (AvgIpc) is 2.80. The quantitative estimate of drug-likeness (QED) is 0.850. The van der Waals surface area contributed by atoms with Gasteiger partial charge in [0.05, 0.1) is 6.54 Å². The molecule has 128 valence electrons. The Bertz CT molecular complexity index is 736. The average molecular weight is 331 g/mol. The van der Waals surface area contributed by atoms with Crippen molar-refractivity contribution in [2.45, 2.75) is 6.42 Å². The van der Waals surface area contributed by atoms with Crippen molar-refractivity contribution in [1.29, 1.82) is 0 Å². The molecule has 1 amide bonds. The van der Waals surface area contributed by atoms with Crippen LogP contribution in [-0.2, 0) is 4.79 Å². The molecule has 7 heteroatoms. The highest BCUT2D eigenvalue weighted by molar-refractivity contribution is 5.89. The molecule has 0 unspecified atom stereocenters. The first-order valence-corrected chi connectivity index (χ1v) is 8.13. The molecule has 0 spiro atoms. The fourth-order valence-corrected chi connectivity index (χ4v) is 2.96. The second kappa shape index (κ2) is 7.09. The normalized spacial score (nSPS) is 16.2. The van der Waals surface area contributed by atoms with Gasteiger partial charge in [-0.15, -0.1) is 0 Å². The van der Waals surface area contributed by atoms with Crippen LogP contribution >= 0.6 is 0 Å². The Morgan fingerprint density at radius 2 is 2.04 bits per heavy atom. The van der Waals surface area contributed by atoms with Crippen molar-refractivity contribution >= 4 is 22.6 Å². The number of anilines is 1. The summed E-state index contributed by atoms with van der Waals surface area (Å²) in [4.78, 5) is 26.3. The summed E-state index contributed by atoms with van der Waals surface area (Å²) in [5.74, 6) is 0.544. The molecule has 3 rings (SSSR count). The van der Waals surface area contributed by atoms with Gasteiger partial charge in [-0.3, -0.25) is 9.69 Å². The minimum atomic E-state index is -0.329. The monoisotopic (exact) mass is 331 g/mol. The summed E-state index contributed by atoms with van der Waals surface area (Å²) in [6.07, 6.45) is 2.35. The van der Waals surface area contributed by atoms with Gasteiger partial charge < -0.3 is 9.80 Å². The molecule has 0 saturated carbocycles. The summed E-state index contributed by atoms with van der Waals surface area (Å²) in [6.45, 7) is 3.66. The molecule has 1 aromatic heterocycles. The van der Waals surface area contributed by atoms with Crippen LogP contribution in [0.3, 0.4) is 0 Å². The van der Waals surface area contributed by atoms with E-state index in [9.17, 15) is 9.18 Å². The third-order valence-corrected chi connectivity index (χ3v) is 4.34. The number of fused-ring (bicyclic) bond motifs is 1. The van der Waals surface area contributed by atoms with Crippen LogP contribution in [0.5, 0.6) is 0 Å². The topological polar surface area (TPSA) is 52.6 Å². The van der Waals surface area contributed by atoms with E-state index in [2.05, 4.69) is 19.8 Å². The molecular weight excluding hydrogens is 309 g/mol. The lowest BCUT2D eigenvalue weighted by atomic mass is 10.2. The molecule has 0 radical (unpaired) electrons. The van der Waals surface area contributed by atoms with Gasteiger partial charge in [-0.25, -0.2) is 14.4 Å². The zero-order valence-corrected chi connectivity index (χ0v) is 14.1. The van der Waals surface area contributed by atoms with Crippen LogP contribution in [0.2, 0.25) is 0 Å². The third-order valence-electron chi connectivity index (χ3n) is 4.34. The Labute approximate surface area is 140 Å². The Hall–Kier alpha value is -2.28. The van der Waals surface area contributed by atoms with Crippen molar-refractivity contribution in [3.63, 3.8) is 0 Å². The molecule has 2 aromatic rings. The molecule has 0 atom stereocenters. The van der Waals surface area contributed by atoms with Crippen molar-refractivity contribution in [3.8, 4) is 0 Å². The van der Waals surface area contributed by atoms with Gasteiger partial charge in [0, 0.05) is 45.7 Å². The van der Waals surface area contributed by atoms with Gasteiger partial charge in [0.25, 0.3) is 0 Å². The van der Waals surface area contributed by atoms with Crippen molar-refractivity contribution < 1.29 is 9.18 Å². The lowest BCUT2D eigenvalue weighted by molar-refractivity contribution is -0.129. The standard InChI is InChI=1S/C17H22FN5O/c1-21(2)15(24)11-22-7-4-8-23(10-9-22)17-13-5-3-6-14(18)16(13)19-12-20-17/h3,5-6,12H,4,7-11H2,1-2H3. The smallest absolute Gasteiger partial charge is 0.236 e. The number of amides is 1. The molecule has 0 bridgehead atoms. The number of nitrogens with zero attached hydrogens (tertiary/aromatic N) is 5. The van der Waals surface area contributed by atoms with E-state index in [0.717, 1.165) is 43.8 Å². The molecule has 1 saturated heterocycles. The molecule has 2 heterocycles. The van der Waals surface area contributed by atoms with E-state index < -0.39 is 0 Å². The van der Waals surface area contributed by atoms with Crippen LogP contribution in [0.1, 0.15) is 6.42 Å². The molecule has 0 N–H and O–H groups in total. The van der Waals surface area contributed by atoms with Gasteiger partial charge in [0.15, 0.2) is 0 Å². The Morgan fingerprint density at radius 3 is 2.83 bits per heavy atom. The predicted octanol–water partition coefficient (Wildman–Crippen LogP) is 1.37. The molecular formula is C17H22FN5O. The van der Waals surface area contributed by atoms with Gasteiger partial charge in [0.2, 0.25) is 5.91 Å². The number of para-hydroxylation sites is 1. The highest BCUT2D eigenvalue weighted by atomic mass is 19.1. The molecule has 6 nitrogen and oxygen atoms in total.